The molecule has 0 heterocycles. The Morgan fingerprint density at radius 1 is 1.04 bits per heavy atom. The fraction of sp³-hybridized carbons (Fsp3) is 0.381. The summed E-state index contributed by atoms with van der Waals surface area (Å²) in [5, 5.41) is 2.82. The normalized spacial score (nSPS) is 12.3. The quantitative estimate of drug-likeness (QED) is 0.794. The van der Waals surface area contributed by atoms with Gasteiger partial charge in [-0.05, 0) is 50.5 Å². The van der Waals surface area contributed by atoms with Crippen LogP contribution in [-0.2, 0) is 17.8 Å². The first-order valence-electron chi connectivity index (χ1n) is 8.81. The molecule has 0 bridgehead atoms. The highest BCUT2D eigenvalue weighted by Gasteiger charge is 2.14. The zero-order valence-electron chi connectivity index (χ0n) is 15.7. The predicted molar refractivity (Wildman–Crippen MR) is 103 cm³/mol. The molecule has 5 heteroatoms. The molecule has 26 heavy (non-hydrogen) atoms. The Labute approximate surface area is 155 Å². The molecule has 3 N–H and O–H groups in total. The van der Waals surface area contributed by atoms with Crippen LogP contribution >= 0.6 is 0 Å². The summed E-state index contributed by atoms with van der Waals surface area (Å²) in [4.78, 5) is 12.0. The molecule has 0 aliphatic rings. The van der Waals surface area contributed by atoms with Crippen molar-refractivity contribution in [2.45, 2.75) is 45.4 Å². The molecule has 5 nitrogen and oxygen atoms in total. The summed E-state index contributed by atoms with van der Waals surface area (Å²) in [5.74, 6) is 0.820. The van der Waals surface area contributed by atoms with Gasteiger partial charge >= 0.3 is 6.09 Å². The van der Waals surface area contributed by atoms with E-state index >= 15 is 0 Å². The average molecular weight is 356 g/mol. The second kappa shape index (κ2) is 9.25. The largest absolute Gasteiger partial charge is 0.488 e. The summed E-state index contributed by atoms with van der Waals surface area (Å²) in [6.07, 6.45) is 0.171. The van der Waals surface area contributed by atoms with Crippen molar-refractivity contribution in [3.8, 4) is 5.75 Å². The maximum atomic E-state index is 12.0. The molecule has 0 aliphatic heterocycles. The third-order valence-corrected chi connectivity index (χ3v) is 3.65. The molecule has 1 atom stereocenters. The van der Waals surface area contributed by atoms with Crippen molar-refractivity contribution in [1.29, 1.82) is 0 Å². The van der Waals surface area contributed by atoms with Crippen molar-refractivity contribution < 1.29 is 14.3 Å². The van der Waals surface area contributed by atoms with Crippen LogP contribution in [0.15, 0.2) is 54.6 Å². The van der Waals surface area contributed by atoms with E-state index in [2.05, 4.69) is 5.32 Å². The Morgan fingerprint density at radius 2 is 1.69 bits per heavy atom. The minimum absolute atomic E-state index is 0.187. The summed E-state index contributed by atoms with van der Waals surface area (Å²) >= 11 is 0. The summed E-state index contributed by atoms with van der Waals surface area (Å²) in [5.41, 5.74) is 7.58. The second-order valence-corrected chi connectivity index (χ2v) is 7.20. The van der Waals surface area contributed by atoms with Crippen molar-refractivity contribution in [2.75, 3.05) is 6.54 Å². The lowest BCUT2D eigenvalue weighted by Crippen LogP contribution is -2.41. The number of carbonyl (C=O) groups is 1. The molecule has 140 valence electrons. The monoisotopic (exact) mass is 356 g/mol. The van der Waals surface area contributed by atoms with E-state index in [-0.39, 0.29) is 18.2 Å². The highest BCUT2D eigenvalue weighted by Crippen LogP contribution is 2.19. The summed E-state index contributed by atoms with van der Waals surface area (Å²) in [6, 6.07) is 17.2. The van der Waals surface area contributed by atoms with Crippen LogP contribution in [0, 0.1) is 0 Å². The molecule has 2 rings (SSSR count). The van der Waals surface area contributed by atoms with Crippen molar-refractivity contribution in [2.24, 2.45) is 5.73 Å². The van der Waals surface area contributed by atoms with E-state index in [4.69, 9.17) is 15.2 Å². The van der Waals surface area contributed by atoms with Crippen molar-refractivity contribution >= 4 is 6.09 Å². The van der Waals surface area contributed by atoms with E-state index in [1.54, 1.807) is 0 Å². The van der Waals surface area contributed by atoms with Gasteiger partial charge < -0.3 is 20.5 Å². The minimum Gasteiger partial charge on any atom is -0.488 e. The first-order valence-corrected chi connectivity index (χ1v) is 8.81. The van der Waals surface area contributed by atoms with Gasteiger partial charge in [-0.15, -0.1) is 0 Å². The molecule has 0 unspecified atom stereocenters. The second-order valence-electron chi connectivity index (χ2n) is 7.20. The van der Waals surface area contributed by atoms with Gasteiger partial charge in [0, 0.05) is 12.6 Å². The summed E-state index contributed by atoms with van der Waals surface area (Å²) < 4.78 is 11.1. The fourth-order valence-corrected chi connectivity index (χ4v) is 2.46. The van der Waals surface area contributed by atoms with Crippen LogP contribution in [0.3, 0.4) is 0 Å². The highest BCUT2D eigenvalue weighted by atomic mass is 16.5. The molecule has 0 aromatic heterocycles. The topological polar surface area (TPSA) is 73.6 Å². The fourth-order valence-electron chi connectivity index (χ4n) is 2.46. The van der Waals surface area contributed by atoms with E-state index in [0.717, 1.165) is 16.9 Å². The Morgan fingerprint density at radius 3 is 2.27 bits per heavy atom. The van der Waals surface area contributed by atoms with Crippen molar-refractivity contribution in [3.05, 3.63) is 65.7 Å². The predicted octanol–water partition coefficient (Wildman–Crippen LogP) is 3.66. The van der Waals surface area contributed by atoms with E-state index in [9.17, 15) is 4.79 Å². The number of carbonyl (C=O) groups excluding carboxylic acids is 1. The zero-order valence-corrected chi connectivity index (χ0v) is 15.7. The van der Waals surface area contributed by atoms with Gasteiger partial charge in [-0.2, -0.15) is 0 Å². The van der Waals surface area contributed by atoms with Gasteiger partial charge in [-0.25, -0.2) is 4.79 Å². The average Bonchev–Trinajstić information content (AvgIpc) is 2.60. The number of ether oxygens (including phenoxy) is 2. The maximum absolute atomic E-state index is 12.0. The van der Waals surface area contributed by atoms with Crippen LogP contribution in [0.4, 0.5) is 4.79 Å². The van der Waals surface area contributed by atoms with E-state index in [1.807, 2.05) is 75.4 Å². The number of amides is 1. The molecule has 2 aromatic carbocycles. The molecule has 0 radical (unpaired) electrons. The van der Waals surface area contributed by atoms with Gasteiger partial charge in [-0.1, -0.05) is 42.5 Å². The van der Waals surface area contributed by atoms with Crippen LogP contribution in [0.5, 0.6) is 5.75 Å². The van der Waals surface area contributed by atoms with Crippen molar-refractivity contribution in [3.63, 3.8) is 0 Å². The molecule has 0 saturated carbocycles. The van der Waals surface area contributed by atoms with Gasteiger partial charge in [0.1, 0.15) is 18.0 Å². The van der Waals surface area contributed by atoms with Gasteiger partial charge in [0.15, 0.2) is 0 Å². The molecular weight excluding hydrogens is 328 g/mol. The smallest absolute Gasteiger partial charge is 0.407 e. The Hall–Kier alpha value is -2.53. The van der Waals surface area contributed by atoms with Crippen LogP contribution in [0.25, 0.3) is 0 Å². The molecule has 1 amide bonds. The number of nitrogens with one attached hydrogen (secondary N) is 1. The molecule has 0 spiro atoms. The van der Waals surface area contributed by atoms with Gasteiger partial charge in [0.2, 0.25) is 0 Å². The number of hydrogen-bond donors (Lipinski definition) is 2. The molecule has 2 aromatic rings. The number of benzene rings is 2. The molecule has 0 saturated heterocycles. The van der Waals surface area contributed by atoms with E-state index < -0.39 is 6.09 Å². The maximum Gasteiger partial charge on any atom is 0.407 e. The lowest BCUT2D eigenvalue weighted by molar-refractivity contribution is 0.130. The van der Waals surface area contributed by atoms with Crippen molar-refractivity contribution in [1.82, 2.24) is 5.32 Å². The number of rotatable bonds is 7. The lowest BCUT2D eigenvalue weighted by Gasteiger charge is -2.21. The van der Waals surface area contributed by atoms with E-state index in [1.165, 1.54) is 0 Å². The SMILES string of the molecule is CC(C)(C)Oc1ccc(C[C@H](CN)NC(=O)OCc2ccccc2)cc1. The zero-order chi connectivity index (χ0) is 19.0. The molecule has 0 aliphatic carbocycles. The third-order valence-electron chi connectivity index (χ3n) is 3.65. The van der Waals surface area contributed by atoms with Gasteiger partial charge in [0.05, 0.1) is 0 Å². The first kappa shape index (κ1) is 19.8. The summed E-state index contributed by atoms with van der Waals surface area (Å²) in [7, 11) is 0. The molecule has 0 fully saturated rings. The third kappa shape index (κ3) is 7.15. The van der Waals surface area contributed by atoms with Crippen LogP contribution < -0.4 is 15.8 Å². The Kier molecular flexibility index (Phi) is 7.04. The number of nitrogens with two attached hydrogens (primary N) is 1. The molecular formula is C21H28N2O3. The highest BCUT2D eigenvalue weighted by molar-refractivity contribution is 5.67. The van der Waals surface area contributed by atoms with E-state index in [0.29, 0.717) is 13.0 Å². The lowest BCUT2D eigenvalue weighted by atomic mass is 10.1. The van der Waals surface area contributed by atoms with Crippen LogP contribution in [0.1, 0.15) is 31.9 Å². The van der Waals surface area contributed by atoms with Crippen LogP contribution in [0.2, 0.25) is 0 Å². The van der Waals surface area contributed by atoms with Crippen LogP contribution in [-0.4, -0.2) is 24.3 Å². The Bertz CT molecular complexity index is 679. The standard InChI is InChI=1S/C21H28N2O3/c1-21(2,3)26-19-11-9-16(10-12-19)13-18(14-22)23-20(24)25-15-17-7-5-4-6-8-17/h4-12,18H,13-15,22H2,1-3H3,(H,23,24)/t18-/m1/s1. The van der Waals surface area contributed by atoms with Gasteiger partial charge in [-0.3, -0.25) is 0 Å². The number of alkyl carbamates (subject to hydrolysis) is 1. The van der Waals surface area contributed by atoms with Gasteiger partial charge in [0.25, 0.3) is 0 Å². The minimum atomic E-state index is -0.461. The summed E-state index contributed by atoms with van der Waals surface area (Å²) in [6.45, 7) is 6.60. The number of hydrogen-bond acceptors (Lipinski definition) is 4. The Balaban J connectivity index is 1.83. The first-order chi connectivity index (χ1) is 12.4.